The molecule has 84 valence electrons. The molecule has 3 rings (SSSR count). The highest BCUT2D eigenvalue weighted by Crippen LogP contribution is 2.25. The highest BCUT2D eigenvalue weighted by Gasteiger charge is 2.09. The number of nitrogens with two attached hydrogens (primary N) is 1. The van der Waals surface area contributed by atoms with E-state index in [0.29, 0.717) is 28.2 Å². The lowest BCUT2D eigenvalue weighted by Gasteiger charge is -1.93. The monoisotopic (exact) mass is 229 g/mol. The van der Waals surface area contributed by atoms with Crippen LogP contribution in [0.2, 0.25) is 0 Å². The zero-order chi connectivity index (χ0) is 11.8. The third kappa shape index (κ3) is 1.71. The largest absolute Gasteiger partial charge is 0.436 e. The predicted octanol–water partition coefficient (Wildman–Crippen LogP) is 2.61. The Labute approximate surface area is 95.9 Å². The Morgan fingerprint density at radius 1 is 1.18 bits per heavy atom. The second-order valence-electron chi connectivity index (χ2n) is 3.64. The molecule has 2 aromatic heterocycles. The van der Waals surface area contributed by atoms with E-state index in [1.165, 1.54) is 12.3 Å². The molecule has 5 heteroatoms. The molecule has 0 fully saturated rings. The fourth-order valence-corrected chi connectivity index (χ4v) is 1.60. The van der Waals surface area contributed by atoms with Crippen LogP contribution in [0.1, 0.15) is 0 Å². The summed E-state index contributed by atoms with van der Waals surface area (Å²) >= 11 is 0. The van der Waals surface area contributed by atoms with Gasteiger partial charge in [-0.1, -0.05) is 0 Å². The summed E-state index contributed by atoms with van der Waals surface area (Å²) in [7, 11) is 0. The van der Waals surface area contributed by atoms with Crippen molar-refractivity contribution in [3.63, 3.8) is 0 Å². The SMILES string of the molecule is Nc1ccc2oc(-c3cncc(F)c3)nc2c1. The lowest BCUT2D eigenvalue weighted by Crippen LogP contribution is -1.83. The number of oxazole rings is 1. The molecule has 2 N–H and O–H groups in total. The molecule has 0 aliphatic rings. The van der Waals surface area contributed by atoms with Crippen molar-refractivity contribution >= 4 is 16.8 Å². The van der Waals surface area contributed by atoms with Crippen LogP contribution >= 0.6 is 0 Å². The molecule has 0 amide bonds. The van der Waals surface area contributed by atoms with Gasteiger partial charge in [-0.3, -0.25) is 4.98 Å². The van der Waals surface area contributed by atoms with E-state index in [-0.39, 0.29) is 0 Å². The van der Waals surface area contributed by atoms with E-state index in [1.807, 2.05) is 0 Å². The van der Waals surface area contributed by atoms with Gasteiger partial charge in [0.25, 0.3) is 0 Å². The Bertz CT molecular complexity index is 693. The summed E-state index contributed by atoms with van der Waals surface area (Å²) in [6.45, 7) is 0. The molecule has 0 saturated carbocycles. The summed E-state index contributed by atoms with van der Waals surface area (Å²) in [6.07, 6.45) is 2.63. The summed E-state index contributed by atoms with van der Waals surface area (Å²) in [5.41, 5.74) is 8.00. The minimum absolute atomic E-state index is 0.331. The third-order valence-electron chi connectivity index (χ3n) is 2.36. The summed E-state index contributed by atoms with van der Waals surface area (Å²) in [6, 6.07) is 6.48. The molecule has 0 unspecified atom stereocenters. The molecule has 0 aliphatic heterocycles. The van der Waals surface area contributed by atoms with Gasteiger partial charge in [-0.2, -0.15) is 0 Å². The molecule has 4 nitrogen and oxygen atoms in total. The van der Waals surface area contributed by atoms with Gasteiger partial charge in [0.2, 0.25) is 5.89 Å². The van der Waals surface area contributed by atoms with Crippen LogP contribution in [0.15, 0.2) is 41.1 Å². The van der Waals surface area contributed by atoms with E-state index in [1.54, 1.807) is 18.2 Å². The predicted molar refractivity (Wildman–Crippen MR) is 61.6 cm³/mol. The van der Waals surface area contributed by atoms with Crippen molar-refractivity contribution in [2.45, 2.75) is 0 Å². The van der Waals surface area contributed by atoms with Crippen LogP contribution in [-0.4, -0.2) is 9.97 Å². The lowest BCUT2D eigenvalue weighted by molar-refractivity contribution is 0.607. The van der Waals surface area contributed by atoms with Crippen LogP contribution in [0, 0.1) is 5.82 Å². The Morgan fingerprint density at radius 2 is 2.06 bits per heavy atom. The standard InChI is InChI=1S/C12H8FN3O/c13-8-3-7(5-15-6-8)12-16-10-4-9(14)1-2-11(10)17-12/h1-6H,14H2. The topological polar surface area (TPSA) is 64.9 Å². The van der Waals surface area contributed by atoms with Crippen LogP contribution in [-0.2, 0) is 0 Å². The smallest absolute Gasteiger partial charge is 0.228 e. The first kappa shape index (κ1) is 9.77. The number of halogens is 1. The first-order valence-electron chi connectivity index (χ1n) is 4.99. The molecule has 0 radical (unpaired) electrons. The van der Waals surface area contributed by atoms with Crippen molar-refractivity contribution in [3.05, 3.63) is 42.5 Å². The van der Waals surface area contributed by atoms with E-state index >= 15 is 0 Å². The highest BCUT2D eigenvalue weighted by atomic mass is 19.1. The molecule has 0 spiro atoms. The third-order valence-corrected chi connectivity index (χ3v) is 2.36. The van der Waals surface area contributed by atoms with Crippen molar-refractivity contribution in [1.29, 1.82) is 0 Å². The Balaban J connectivity index is 2.18. The van der Waals surface area contributed by atoms with Gasteiger partial charge in [-0.05, 0) is 24.3 Å². The summed E-state index contributed by atoms with van der Waals surface area (Å²) in [4.78, 5) is 7.98. The summed E-state index contributed by atoms with van der Waals surface area (Å²) in [5, 5.41) is 0. The van der Waals surface area contributed by atoms with Crippen LogP contribution < -0.4 is 5.73 Å². The van der Waals surface area contributed by atoms with E-state index < -0.39 is 5.82 Å². The fraction of sp³-hybridized carbons (Fsp3) is 0. The van der Waals surface area contributed by atoms with Crippen molar-refractivity contribution in [2.75, 3.05) is 5.73 Å². The maximum atomic E-state index is 13.0. The number of fused-ring (bicyclic) bond motifs is 1. The highest BCUT2D eigenvalue weighted by molar-refractivity contribution is 5.79. The number of hydrogen-bond donors (Lipinski definition) is 1. The normalized spacial score (nSPS) is 10.9. The number of nitrogen functional groups attached to an aromatic ring is 1. The van der Waals surface area contributed by atoms with Gasteiger partial charge in [0.1, 0.15) is 11.3 Å². The average Bonchev–Trinajstić information content (AvgIpc) is 2.72. The van der Waals surface area contributed by atoms with E-state index in [2.05, 4.69) is 9.97 Å². The number of nitrogens with zero attached hydrogens (tertiary/aromatic N) is 2. The maximum Gasteiger partial charge on any atom is 0.228 e. The Morgan fingerprint density at radius 3 is 2.88 bits per heavy atom. The second kappa shape index (κ2) is 3.55. The minimum Gasteiger partial charge on any atom is -0.436 e. The summed E-state index contributed by atoms with van der Waals surface area (Å²) < 4.78 is 18.5. The molecule has 0 bridgehead atoms. The van der Waals surface area contributed by atoms with Crippen molar-refractivity contribution in [1.82, 2.24) is 9.97 Å². The molecular formula is C12H8FN3O. The molecule has 0 aliphatic carbocycles. The number of anilines is 1. The number of hydrogen-bond acceptors (Lipinski definition) is 4. The van der Waals surface area contributed by atoms with Gasteiger partial charge in [0.15, 0.2) is 5.58 Å². The van der Waals surface area contributed by atoms with E-state index in [4.69, 9.17) is 10.2 Å². The molecule has 17 heavy (non-hydrogen) atoms. The van der Waals surface area contributed by atoms with Gasteiger partial charge >= 0.3 is 0 Å². The molecule has 1 aromatic carbocycles. The van der Waals surface area contributed by atoms with Gasteiger partial charge in [-0.15, -0.1) is 0 Å². The zero-order valence-corrected chi connectivity index (χ0v) is 8.72. The molecule has 0 atom stereocenters. The number of benzene rings is 1. The lowest BCUT2D eigenvalue weighted by atomic mass is 10.3. The van der Waals surface area contributed by atoms with E-state index in [0.717, 1.165) is 6.20 Å². The number of aromatic nitrogens is 2. The van der Waals surface area contributed by atoms with Crippen LogP contribution in [0.3, 0.4) is 0 Å². The van der Waals surface area contributed by atoms with Gasteiger partial charge in [-0.25, -0.2) is 9.37 Å². The van der Waals surface area contributed by atoms with Gasteiger partial charge in [0, 0.05) is 11.9 Å². The van der Waals surface area contributed by atoms with Gasteiger partial charge in [0.05, 0.1) is 11.8 Å². The zero-order valence-electron chi connectivity index (χ0n) is 8.72. The van der Waals surface area contributed by atoms with Crippen molar-refractivity contribution < 1.29 is 8.81 Å². The first-order chi connectivity index (χ1) is 8.22. The first-order valence-corrected chi connectivity index (χ1v) is 4.99. The second-order valence-corrected chi connectivity index (χ2v) is 3.64. The summed E-state index contributed by atoms with van der Waals surface area (Å²) in [5.74, 6) is -0.0955. The van der Waals surface area contributed by atoms with Crippen LogP contribution in [0.25, 0.3) is 22.6 Å². The molecular weight excluding hydrogens is 221 g/mol. The quantitative estimate of drug-likeness (QED) is 0.651. The van der Waals surface area contributed by atoms with Crippen molar-refractivity contribution in [2.24, 2.45) is 0 Å². The van der Waals surface area contributed by atoms with Crippen LogP contribution in [0.5, 0.6) is 0 Å². The van der Waals surface area contributed by atoms with Crippen LogP contribution in [0.4, 0.5) is 10.1 Å². The number of pyridine rings is 1. The van der Waals surface area contributed by atoms with Gasteiger partial charge < -0.3 is 10.2 Å². The molecule has 0 saturated heterocycles. The maximum absolute atomic E-state index is 13.0. The Hall–Kier alpha value is -2.43. The fourth-order valence-electron chi connectivity index (χ4n) is 1.60. The number of rotatable bonds is 1. The molecule has 2 heterocycles. The Kier molecular flexibility index (Phi) is 2.04. The van der Waals surface area contributed by atoms with Crippen molar-refractivity contribution in [3.8, 4) is 11.5 Å². The minimum atomic E-state index is -0.427. The average molecular weight is 229 g/mol. The van der Waals surface area contributed by atoms with E-state index in [9.17, 15) is 4.39 Å². The molecule has 3 aromatic rings.